The lowest BCUT2D eigenvalue weighted by atomic mass is 9.85. The van der Waals surface area contributed by atoms with Gasteiger partial charge in [-0.1, -0.05) is 45.0 Å². The van der Waals surface area contributed by atoms with Gasteiger partial charge in [0.1, 0.15) is 42.3 Å². The Morgan fingerprint density at radius 3 is 2.24 bits per heavy atom. The average Bonchev–Trinajstić information content (AvgIpc) is 4.11. The fourth-order valence-corrected chi connectivity index (χ4v) is 8.87. The molecular weight excluding hydrogens is 921 g/mol. The number of likely N-dealkylation sites (tertiary alicyclic amines) is 1. The van der Waals surface area contributed by atoms with Gasteiger partial charge in [-0.05, 0) is 47.7 Å². The maximum absolute atomic E-state index is 13.9. The van der Waals surface area contributed by atoms with E-state index in [4.69, 9.17) is 37.8 Å². The van der Waals surface area contributed by atoms with Crippen molar-refractivity contribution in [3.63, 3.8) is 0 Å². The summed E-state index contributed by atoms with van der Waals surface area (Å²) in [5, 5.41) is 16.3. The normalized spacial score (nSPS) is 16.9. The van der Waals surface area contributed by atoms with Crippen LogP contribution in [0.2, 0.25) is 0 Å². The van der Waals surface area contributed by atoms with Crippen LogP contribution in [0.15, 0.2) is 70.7 Å². The van der Waals surface area contributed by atoms with Gasteiger partial charge < -0.3 is 58.4 Å². The Morgan fingerprint density at radius 2 is 1.59 bits per heavy atom. The van der Waals surface area contributed by atoms with Gasteiger partial charge in [0, 0.05) is 58.3 Å². The van der Waals surface area contributed by atoms with Gasteiger partial charge in [0.25, 0.3) is 6.01 Å². The molecule has 3 amide bonds. The largest absolute Gasteiger partial charge is 0.495 e. The van der Waals surface area contributed by atoms with E-state index in [0.717, 1.165) is 65.6 Å². The number of fused-ring (bicyclic) bond motifs is 1. The number of aliphatic hydroxyl groups excluding tert-OH is 1. The summed E-state index contributed by atoms with van der Waals surface area (Å²) in [6.45, 7) is 14.6. The molecular formula is C50H66N8O11S. The Kier molecular flexibility index (Phi) is 18.9. The first kappa shape index (κ1) is 52.1. The van der Waals surface area contributed by atoms with Gasteiger partial charge in [-0.2, -0.15) is 4.98 Å². The molecule has 5 aromatic rings. The van der Waals surface area contributed by atoms with E-state index in [1.165, 1.54) is 4.90 Å². The fourth-order valence-electron chi connectivity index (χ4n) is 8.06. The minimum Gasteiger partial charge on any atom is -0.495 e. The van der Waals surface area contributed by atoms with Crippen LogP contribution in [0, 0.1) is 12.3 Å². The molecule has 5 heterocycles. The Morgan fingerprint density at radius 1 is 0.886 bits per heavy atom. The summed E-state index contributed by atoms with van der Waals surface area (Å²) < 4.78 is 39.7. The van der Waals surface area contributed by atoms with Crippen molar-refractivity contribution < 1.29 is 52.3 Å². The molecule has 0 spiro atoms. The summed E-state index contributed by atoms with van der Waals surface area (Å²) in [4.78, 5) is 60.7. The molecule has 0 unspecified atom stereocenters. The van der Waals surface area contributed by atoms with Crippen LogP contribution in [-0.2, 0) is 46.5 Å². The minimum atomic E-state index is -0.958. The van der Waals surface area contributed by atoms with Crippen molar-refractivity contribution in [3.05, 3.63) is 83.3 Å². The zero-order chi connectivity index (χ0) is 49.5. The third-order valence-corrected chi connectivity index (χ3v) is 13.0. The number of hydrogen-bond donors (Lipinski definition) is 3. The minimum absolute atomic E-state index is 0.0116. The van der Waals surface area contributed by atoms with Crippen molar-refractivity contribution in [1.82, 2.24) is 35.4 Å². The number of ether oxygens (including phenoxy) is 6. The molecule has 2 saturated heterocycles. The van der Waals surface area contributed by atoms with Crippen LogP contribution in [0.4, 0.5) is 6.01 Å². The van der Waals surface area contributed by atoms with E-state index in [2.05, 4.69) is 30.4 Å². The number of rotatable bonds is 25. The molecule has 2 aliphatic rings. The first-order valence-corrected chi connectivity index (χ1v) is 24.6. The van der Waals surface area contributed by atoms with E-state index in [1.807, 2.05) is 87.8 Å². The molecule has 0 bridgehead atoms. The van der Waals surface area contributed by atoms with Crippen molar-refractivity contribution in [1.29, 1.82) is 0 Å². The van der Waals surface area contributed by atoms with Crippen LogP contribution < -0.4 is 25.0 Å². The first-order chi connectivity index (χ1) is 33.8. The third kappa shape index (κ3) is 14.9. The number of thiazole rings is 1. The number of amides is 3. The number of nitrogens with one attached hydrogen (secondary N) is 2. The zero-order valence-electron chi connectivity index (χ0n) is 40.7. The van der Waals surface area contributed by atoms with Gasteiger partial charge >= 0.3 is 0 Å². The number of pyridine rings is 1. The summed E-state index contributed by atoms with van der Waals surface area (Å²) in [6, 6.07) is 16.0. The monoisotopic (exact) mass is 986 g/mol. The number of benzene rings is 2. The van der Waals surface area contributed by atoms with E-state index in [-0.39, 0.29) is 45.2 Å². The molecule has 3 N–H and O–H groups in total. The van der Waals surface area contributed by atoms with Gasteiger partial charge in [0.15, 0.2) is 5.58 Å². The van der Waals surface area contributed by atoms with Gasteiger partial charge in [0.2, 0.25) is 17.7 Å². The van der Waals surface area contributed by atoms with E-state index in [9.17, 15) is 19.5 Å². The second kappa shape index (κ2) is 25.4. The molecule has 2 aliphatic heterocycles. The molecule has 7 rings (SSSR count). The topological polar surface area (TPSA) is 212 Å². The number of oxazole rings is 1. The number of anilines is 1. The summed E-state index contributed by atoms with van der Waals surface area (Å²) in [6.07, 6.45) is 0.901. The number of carbonyl (C=O) groups excluding carboxylic acids is 3. The van der Waals surface area contributed by atoms with E-state index >= 15 is 0 Å². The molecule has 2 fully saturated rings. The summed E-state index contributed by atoms with van der Waals surface area (Å²) in [7, 11) is 1.61. The second-order valence-corrected chi connectivity index (χ2v) is 19.1. The maximum atomic E-state index is 13.9. The molecule has 0 radical (unpaired) electrons. The number of hydrogen-bond acceptors (Lipinski definition) is 17. The average molecular weight is 987 g/mol. The van der Waals surface area contributed by atoms with E-state index in [1.54, 1.807) is 24.6 Å². The molecule has 3 atom stereocenters. The van der Waals surface area contributed by atoms with Crippen molar-refractivity contribution in [2.45, 2.75) is 65.5 Å². The van der Waals surface area contributed by atoms with Crippen LogP contribution >= 0.6 is 11.3 Å². The van der Waals surface area contributed by atoms with Gasteiger partial charge in [-0.25, -0.2) is 4.98 Å². The van der Waals surface area contributed by atoms with Crippen molar-refractivity contribution in [2.24, 2.45) is 5.41 Å². The Bertz CT molecular complexity index is 2440. The fraction of sp³-hybridized carbons (Fsp3) is 0.520. The number of nitrogens with zero attached hydrogens (tertiary/aromatic N) is 6. The van der Waals surface area contributed by atoms with Gasteiger partial charge in [-0.15, -0.1) is 11.3 Å². The first-order valence-electron chi connectivity index (χ1n) is 23.7. The van der Waals surface area contributed by atoms with Crippen LogP contribution in [-0.4, -0.2) is 165 Å². The third-order valence-electron chi connectivity index (χ3n) is 12.0. The Labute approximate surface area is 412 Å². The summed E-state index contributed by atoms with van der Waals surface area (Å²) >= 11 is 1.57. The van der Waals surface area contributed by atoms with Crippen molar-refractivity contribution in [3.8, 4) is 21.9 Å². The highest BCUT2D eigenvalue weighted by atomic mass is 32.1. The van der Waals surface area contributed by atoms with Crippen LogP contribution in [0.3, 0.4) is 0 Å². The standard InChI is InChI=1S/C50H66N8O11S/c1-34-45(70-33-53-34)36-8-6-35(7-9-36)28-52-47(61)42-26-38(59)30-58(42)48(62)46(50(2,3)4)55-44(60)32-67-25-24-66-23-22-65-21-20-64-19-18-56-14-16-57(17-15-56)49-54-41-27-39(12-13-43(41)69-49)68-31-37-10-11-40(63-5)29-51-37/h6-13,27,29,33,38,42,46,59H,14-26,28,30-32H2,1-5H3,(H,52,61)(H,55,60)/t38-,42+,46-/m1/s1. The quantitative estimate of drug-likeness (QED) is 0.0698. The number of aromatic nitrogens is 3. The number of methoxy groups -OCH3 is 1. The van der Waals surface area contributed by atoms with Crippen LogP contribution in [0.25, 0.3) is 21.5 Å². The number of aryl methyl sites for hydroxylation is 1. The number of carbonyl (C=O) groups is 3. The van der Waals surface area contributed by atoms with Gasteiger partial charge in [0.05, 0.1) is 87.4 Å². The lowest BCUT2D eigenvalue weighted by Gasteiger charge is -2.35. The number of β-amino-alcohol motifs (C(OH)–C–C–N with tert-alkyl or cyclic N) is 1. The molecule has 0 aliphatic carbocycles. The summed E-state index contributed by atoms with van der Waals surface area (Å²) in [5.41, 5.74) is 6.28. The maximum Gasteiger partial charge on any atom is 0.298 e. The molecule has 378 valence electrons. The molecule has 0 saturated carbocycles. The highest BCUT2D eigenvalue weighted by molar-refractivity contribution is 7.13. The SMILES string of the molecule is COc1ccc(COc2ccc3oc(N4CCN(CCOCCOCCOCCOCC(=O)N[C@H](C(=O)N5C[C@H](O)C[C@H]5C(=O)NCc5ccc(-c6scnc6C)cc5)C(C)(C)C)CC4)nc3c2)nc1. The van der Waals surface area contributed by atoms with Crippen LogP contribution in [0.1, 0.15) is 44.1 Å². The second-order valence-electron chi connectivity index (χ2n) is 18.3. The highest BCUT2D eigenvalue weighted by Crippen LogP contribution is 2.30. The Balaban J connectivity index is 0.704. The molecule has 70 heavy (non-hydrogen) atoms. The summed E-state index contributed by atoms with van der Waals surface area (Å²) in [5.74, 6) is 0.110. The smallest absolute Gasteiger partial charge is 0.298 e. The molecule has 3 aromatic heterocycles. The van der Waals surface area contributed by atoms with Crippen LogP contribution in [0.5, 0.6) is 11.5 Å². The predicted molar refractivity (Wildman–Crippen MR) is 263 cm³/mol. The van der Waals surface area contributed by atoms with Crippen molar-refractivity contribution in [2.75, 3.05) is 104 Å². The number of piperazine rings is 1. The predicted octanol–water partition coefficient (Wildman–Crippen LogP) is 4.24. The van der Waals surface area contributed by atoms with Crippen molar-refractivity contribution >= 4 is 46.2 Å². The number of aliphatic hydroxyl groups is 1. The lowest BCUT2D eigenvalue weighted by Crippen LogP contribution is -2.58. The van der Waals surface area contributed by atoms with E-state index < -0.39 is 35.4 Å². The molecule has 2 aromatic carbocycles. The van der Waals surface area contributed by atoms with Gasteiger partial charge in [-0.3, -0.25) is 24.3 Å². The molecule has 20 heteroatoms. The van der Waals surface area contributed by atoms with E-state index in [0.29, 0.717) is 62.7 Å². The Hall–Kier alpha value is -5.74. The zero-order valence-corrected chi connectivity index (χ0v) is 41.5. The highest BCUT2D eigenvalue weighted by Gasteiger charge is 2.44. The lowest BCUT2D eigenvalue weighted by molar-refractivity contribution is -0.144. The molecule has 19 nitrogen and oxygen atoms in total.